The summed E-state index contributed by atoms with van der Waals surface area (Å²) in [5.41, 5.74) is 10.3. The van der Waals surface area contributed by atoms with Crippen LogP contribution in [0.2, 0.25) is 0 Å². The molecule has 1 aliphatic heterocycles. The van der Waals surface area contributed by atoms with Crippen LogP contribution >= 0.6 is 0 Å². The van der Waals surface area contributed by atoms with Crippen LogP contribution in [-0.4, -0.2) is 60.8 Å². The van der Waals surface area contributed by atoms with Crippen LogP contribution in [0.15, 0.2) is 6.33 Å². The summed E-state index contributed by atoms with van der Waals surface area (Å²) in [6.07, 6.45) is -3.60. The molecule has 19 heavy (non-hydrogen) atoms. The van der Waals surface area contributed by atoms with Crippen molar-refractivity contribution in [3.05, 3.63) is 12.0 Å². The molecule has 0 unspecified atom stereocenters. The Morgan fingerprint density at radius 2 is 2.21 bits per heavy atom. The molecule has 0 aliphatic carbocycles. The standard InChI is InChI=1S/C9H14N4O6/c10-7-4(8(11)17)12-2-13(7)9(18)6(16)5(15)3(1-14)19-9/h2-3,5-6,14-16,18H,1,10H2,(H2,11,17)/t3-,5-,6-,9-/m1/s1. The highest BCUT2D eigenvalue weighted by Crippen LogP contribution is 2.35. The minimum Gasteiger partial charge on any atom is -0.394 e. The minimum atomic E-state index is -2.45. The fourth-order valence-electron chi connectivity index (χ4n) is 1.94. The summed E-state index contributed by atoms with van der Waals surface area (Å²) in [6.45, 7) is -0.627. The zero-order valence-corrected chi connectivity index (χ0v) is 9.67. The van der Waals surface area contributed by atoms with E-state index in [0.29, 0.717) is 0 Å². The molecule has 1 aromatic rings. The van der Waals surface area contributed by atoms with Crippen LogP contribution in [0.25, 0.3) is 0 Å². The van der Waals surface area contributed by atoms with E-state index in [4.69, 9.17) is 21.3 Å². The second-order valence-electron chi connectivity index (χ2n) is 4.15. The van der Waals surface area contributed by atoms with E-state index in [1.807, 2.05) is 0 Å². The van der Waals surface area contributed by atoms with Crippen molar-refractivity contribution in [2.75, 3.05) is 12.3 Å². The van der Waals surface area contributed by atoms with Gasteiger partial charge >= 0.3 is 0 Å². The molecule has 0 aromatic carbocycles. The highest BCUT2D eigenvalue weighted by Gasteiger charge is 2.55. The fraction of sp³-hybridized carbons (Fsp3) is 0.556. The number of aliphatic hydroxyl groups is 4. The number of hydrogen-bond donors (Lipinski definition) is 6. The number of aliphatic hydroxyl groups excluding tert-OH is 3. The molecular formula is C9H14N4O6. The monoisotopic (exact) mass is 274 g/mol. The van der Waals surface area contributed by atoms with Gasteiger partial charge in [0.25, 0.3) is 11.8 Å². The van der Waals surface area contributed by atoms with E-state index < -0.39 is 36.7 Å². The maximum atomic E-state index is 11.0. The summed E-state index contributed by atoms with van der Waals surface area (Å²) in [5.74, 6) is -3.70. The SMILES string of the molecule is NC(=O)c1ncn([C@]2(O)O[C@H](CO)[C@@H](O)[C@H]2O)c1N. The molecule has 0 spiro atoms. The summed E-state index contributed by atoms with van der Waals surface area (Å²) in [4.78, 5) is 14.6. The largest absolute Gasteiger partial charge is 0.394 e. The van der Waals surface area contributed by atoms with Crippen molar-refractivity contribution in [2.24, 2.45) is 5.73 Å². The molecule has 1 aromatic heterocycles. The first-order valence-corrected chi connectivity index (χ1v) is 5.33. The zero-order chi connectivity index (χ0) is 14.4. The molecule has 1 fully saturated rings. The van der Waals surface area contributed by atoms with Gasteiger partial charge in [-0.05, 0) is 0 Å². The number of rotatable bonds is 3. The Balaban J connectivity index is 2.43. The Bertz CT molecular complexity index is 505. The van der Waals surface area contributed by atoms with Crippen molar-refractivity contribution in [2.45, 2.75) is 24.2 Å². The normalized spacial score (nSPS) is 34.6. The lowest BCUT2D eigenvalue weighted by atomic mass is 10.1. The number of nitrogens with zero attached hydrogens (tertiary/aromatic N) is 2. The third kappa shape index (κ3) is 1.86. The average molecular weight is 274 g/mol. The smallest absolute Gasteiger partial charge is 0.286 e. The van der Waals surface area contributed by atoms with Crippen LogP contribution in [0.3, 0.4) is 0 Å². The molecule has 0 radical (unpaired) electrons. The van der Waals surface area contributed by atoms with Gasteiger partial charge in [-0.25, -0.2) is 4.98 Å². The molecule has 10 heteroatoms. The number of amides is 1. The van der Waals surface area contributed by atoms with Crippen LogP contribution in [0, 0.1) is 0 Å². The lowest BCUT2D eigenvalue weighted by Crippen LogP contribution is -2.45. The van der Waals surface area contributed by atoms with E-state index >= 15 is 0 Å². The van der Waals surface area contributed by atoms with E-state index in [9.17, 15) is 20.1 Å². The molecule has 1 aliphatic rings. The van der Waals surface area contributed by atoms with Crippen molar-refractivity contribution in [3.63, 3.8) is 0 Å². The number of hydrogen-bond acceptors (Lipinski definition) is 8. The third-order valence-electron chi connectivity index (χ3n) is 2.98. The van der Waals surface area contributed by atoms with Crippen LogP contribution in [0.5, 0.6) is 0 Å². The van der Waals surface area contributed by atoms with Gasteiger partial charge in [0.1, 0.15) is 24.4 Å². The highest BCUT2D eigenvalue weighted by atomic mass is 16.7. The van der Waals surface area contributed by atoms with Gasteiger partial charge in [-0.3, -0.25) is 9.36 Å². The Kier molecular flexibility index (Phi) is 3.20. The molecule has 0 saturated carbocycles. The molecular weight excluding hydrogens is 260 g/mol. The molecule has 2 heterocycles. The molecule has 10 nitrogen and oxygen atoms in total. The predicted octanol–water partition coefficient (Wildman–Crippen LogP) is -3.72. The number of carbonyl (C=O) groups is 1. The summed E-state index contributed by atoms with van der Waals surface area (Å²) >= 11 is 0. The van der Waals surface area contributed by atoms with Gasteiger partial charge in [-0.15, -0.1) is 0 Å². The second kappa shape index (κ2) is 4.43. The third-order valence-corrected chi connectivity index (χ3v) is 2.98. The first kappa shape index (κ1) is 13.7. The Morgan fingerprint density at radius 1 is 1.58 bits per heavy atom. The Hall–Kier alpha value is -1.72. The number of carbonyl (C=O) groups excluding carboxylic acids is 1. The van der Waals surface area contributed by atoms with Gasteiger partial charge in [0.2, 0.25) is 0 Å². The summed E-state index contributed by atoms with van der Waals surface area (Å²) in [6, 6.07) is 0. The van der Waals surface area contributed by atoms with Gasteiger partial charge < -0.3 is 36.6 Å². The Morgan fingerprint density at radius 3 is 2.63 bits per heavy atom. The number of aromatic nitrogens is 2. The number of imidazole rings is 1. The number of primary amides is 1. The zero-order valence-electron chi connectivity index (χ0n) is 9.67. The van der Waals surface area contributed by atoms with E-state index in [1.54, 1.807) is 0 Å². The molecule has 4 atom stereocenters. The number of nitrogen functional groups attached to an aromatic ring is 1. The first-order valence-electron chi connectivity index (χ1n) is 5.33. The van der Waals surface area contributed by atoms with Gasteiger partial charge in [0.05, 0.1) is 6.61 Å². The van der Waals surface area contributed by atoms with Crippen LogP contribution < -0.4 is 11.5 Å². The van der Waals surface area contributed by atoms with Crippen LogP contribution in [0.1, 0.15) is 10.5 Å². The van der Waals surface area contributed by atoms with Crippen molar-refractivity contribution in [1.82, 2.24) is 9.55 Å². The lowest BCUT2D eigenvalue weighted by molar-refractivity contribution is -0.287. The molecule has 1 saturated heterocycles. The summed E-state index contributed by atoms with van der Waals surface area (Å²) in [5, 5.41) is 38.6. The fourth-order valence-corrected chi connectivity index (χ4v) is 1.94. The summed E-state index contributed by atoms with van der Waals surface area (Å²) < 4.78 is 5.74. The quantitative estimate of drug-likeness (QED) is 0.326. The molecule has 8 N–H and O–H groups in total. The number of ether oxygens (including phenoxy) is 1. The van der Waals surface area contributed by atoms with Crippen LogP contribution in [0.4, 0.5) is 5.82 Å². The molecule has 1 amide bonds. The lowest BCUT2D eigenvalue weighted by Gasteiger charge is -2.27. The van der Waals surface area contributed by atoms with Gasteiger partial charge in [-0.2, -0.15) is 0 Å². The second-order valence-corrected chi connectivity index (χ2v) is 4.15. The van der Waals surface area contributed by atoms with Gasteiger partial charge in [0, 0.05) is 0 Å². The maximum absolute atomic E-state index is 11.0. The molecule has 2 rings (SSSR count). The van der Waals surface area contributed by atoms with E-state index in [1.165, 1.54) is 0 Å². The number of anilines is 1. The van der Waals surface area contributed by atoms with E-state index in [-0.39, 0.29) is 11.5 Å². The molecule has 0 bridgehead atoms. The predicted molar refractivity (Wildman–Crippen MR) is 59.3 cm³/mol. The van der Waals surface area contributed by atoms with E-state index in [0.717, 1.165) is 10.9 Å². The van der Waals surface area contributed by atoms with Crippen LogP contribution in [-0.2, 0) is 10.6 Å². The summed E-state index contributed by atoms with van der Waals surface area (Å²) in [7, 11) is 0. The van der Waals surface area contributed by atoms with Gasteiger partial charge in [-0.1, -0.05) is 0 Å². The average Bonchev–Trinajstić information content (AvgIpc) is 2.84. The Labute approximate surface area is 106 Å². The van der Waals surface area contributed by atoms with Crippen molar-refractivity contribution in [3.8, 4) is 0 Å². The minimum absolute atomic E-state index is 0.314. The van der Waals surface area contributed by atoms with Crippen molar-refractivity contribution >= 4 is 11.7 Å². The van der Waals surface area contributed by atoms with Crippen molar-refractivity contribution in [1.29, 1.82) is 0 Å². The first-order chi connectivity index (χ1) is 8.82. The highest BCUT2D eigenvalue weighted by molar-refractivity contribution is 5.95. The maximum Gasteiger partial charge on any atom is 0.286 e. The topological polar surface area (TPSA) is 177 Å². The number of nitrogens with two attached hydrogens (primary N) is 2. The van der Waals surface area contributed by atoms with E-state index in [2.05, 4.69) is 4.98 Å². The van der Waals surface area contributed by atoms with Gasteiger partial charge in [0.15, 0.2) is 11.8 Å². The van der Waals surface area contributed by atoms with Crippen molar-refractivity contribution < 1.29 is 30.0 Å². The molecule has 106 valence electrons.